The van der Waals surface area contributed by atoms with E-state index in [-0.39, 0.29) is 23.5 Å². The molecule has 0 aliphatic rings. The lowest BCUT2D eigenvalue weighted by Crippen LogP contribution is -2.21. The van der Waals surface area contributed by atoms with E-state index in [1.807, 2.05) is 13.8 Å². The largest absolute Gasteiger partial charge is 0.477 e. The molecular weight excluding hydrogens is 242 g/mol. The number of carbonyl (C=O) groups excluding carboxylic acids is 1. The monoisotopic (exact) mass is 257 g/mol. The van der Waals surface area contributed by atoms with Gasteiger partial charge in [-0.25, -0.2) is 4.79 Å². The minimum atomic E-state index is -1.04. The second-order valence-corrected chi connectivity index (χ2v) is 4.72. The molecule has 94 valence electrons. The summed E-state index contributed by atoms with van der Waals surface area (Å²) in [6.07, 6.45) is -0.0386. The number of hydrogen-bond acceptors (Lipinski definition) is 4. The van der Waals surface area contributed by atoms with E-state index in [0.29, 0.717) is 5.69 Å². The van der Waals surface area contributed by atoms with Crippen LogP contribution < -0.4 is 5.32 Å². The molecule has 0 bridgehead atoms. The smallest absolute Gasteiger partial charge is 0.348 e. The summed E-state index contributed by atoms with van der Waals surface area (Å²) in [4.78, 5) is 22.6. The van der Waals surface area contributed by atoms with Crippen LogP contribution in [0.4, 0.5) is 5.69 Å². The summed E-state index contributed by atoms with van der Waals surface area (Å²) in [6, 6.07) is 0. The van der Waals surface area contributed by atoms with Crippen LogP contribution in [0.15, 0.2) is 5.38 Å². The Bertz CT molecular complexity index is 425. The first-order valence-electron chi connectivity index (χ1n) is 5.14. The molecule has 0 aliphatic carbocycles. The van der Waals surface area contributed by atoms with Crippen LogP contribution in [0, 0.1) is 6.92 Å². The Morgan fingerprint density at radius 2 is 2.18 bits per heavy atom. The molecule has 0 unspecified atom stereocenters. The summed E-state index contributed by atoms with van der Waals surface area (Å²) < 4.78 is 5.14. The molecule has 0 aliphatic heterocycles. The Morgan fingerprint density at radius 1 is 1.53 bits per heavy atom. The Kier molecular flexibility index (Phi) is 4.65. The highest BCUT2D eigenvalue weighted by Crippen LogP contribution is 2.27. The molecule has 1 amide bonds. The van der Waals surface area contributed by atoms with Crippen molar-refractivity contribution in [3.63, 3.8) is 0 Å². The van der Waals surface area contributed by atoms with Gasteiger partial charge in [0.25, 0.3) is 0 Å². The highest BCUT2D eigenvalue weighted by Gasteiger charge is 2.17. The SMILES string of the molecule is Cc1csc(C(=O)O)c1NC(=O)COC(C)C. The van der Waals surface area contributed by atoms with Crippen LogP contribution in [0.1, 0.15) is 29.1 Å². The predicted molar refractivity (Wildman–Crippen MR) is 65.7 cm³/mol. The van der Waals surface area contributed by atoms with E-state index in [1.54, 1.807) is 12.3 Å². The van der Waals surface area contributed by atoms with Crippen LogP contribution in [0.5, 0.6) is 0 Å². The molecule has 0 saturated heterocycles. The van der Waals surface area contributed by atoms with Crippen molar-refractivity contribution in [1.29, 1.82) is 0 Å². The molecule has 1 heterocycles. The number of nitrogens with one attached hydrogen (secondary N) is 1. The van der Waals surface area contributed by atoms with Crippen LogP contribution in [0.2, 0.25) is 0 Å². The molecule has 1 rings (SSSR count). The molecule has 0 fully saturated rings. The number of anilines is 1. The van der Waals surface area contributed by atoms with Gasteiger partial charge in [-0.1, -0.05) is 0 Å². The van der Waals surface area contributed by atoms with Crippen LogP contribution >= 0.6 is 11.3 Å². The van der Waals surface area contributed by atoms with Crippen molar-refractivity contribution in [2.45, 2.75) is 26.9 Å². The van der Waals surface area contributed by atoms with E-state index >= 15 is 0 Å². The molecule has 0 radical (unpaired) electrons. The molecular formula is C11H15NO4S. The zero-order valence-electron chi connectivity index (χ0n) is 9.94. The summed E-state index contributed by atoms with van der Waals surface area (Å²) in [7, 11) is 0. The van der Waals surface area contributed by atoms with Crippen molar-refractivity contribution in [3.8, 4) is 0 Å². The highest BCUT2D eigenvalue weighted by molar-refractivity contribution is 7.12. The van der Waals surface area contributed by atoms with Gasteiger partial charge in [-0.05, 0) is 31.7 Å². The number of amides is 1. The summed E-state index contributed by atoms with van der Waals surface area (Å²) in [5.74, 6) is -1.38. The molecule has 17 heavy (non-hydrogen) atoms. The van der Waals surface area contributed by atoms with E-state index < -0.39 is 5.97 Å². The van der Waals surface area contributed by atoms with Gasteiger partial charge in [0.1, 0.15) is 11.5 Å². The van der Waals surface area contributed by atoms with Crippen LogP contribution in [-0.2, 0) is 9.53 Å². The zero-order valence-corrected chi connectivity index (χ0v) is 10.8. The average Bonchev–Trinajstić information content (AvgIpc) is 2.58. The fraction of sp³-hybridized carbons (Fsp3) is 0.455. The molecule has 1 aromatic heterocycles. The van der Waals surface area contributed by atoms with Crippen molar-refractivity contribution < 1.29 is 19.4 Å². The average molecular weight is 257 g/mol. The van der Waals surface area contributed by atoms with Crippen LogP contribution in [0.3, 0.4) is 0 Å². The molecule has 2 N–H and O–H groups in total. The maximum atomic E-state index is 11.5. The number of ether oxygens (including phenoxy) is 1. The van der Waals surface area contributed by atoms with Gasteiger partial charge in [0.05, 0.1) is 11.8 Å². The molecule has 0 saturated carbocycles. The first kappa shape index (κ1) is 13.7. The van der Waals surface area contributed by atoms with Crippen LogP contribution in [0.25, 0.3) is 0 Å². The quantitative estimate of drug-likeness (QED) is 0.847. The minimum absolute atomic E-state index is 0.0386. The highest BCUT2D eigenvalue weighted by atomic mass is 32.1. The van der Waals surface area contributed by atoms with Crippen molar-refractivity contribution >= 4 is 28.9 Å². The third-order valence-electron chi connectivity index (χ3n) is 1.98. The van der Waals surface area contributed by atoms with Gasteiger partial charge in [-0.3, -0.25) is 4.79 Å². The summed E-state index contributed by atoms with van der Waals surface area (Å²) in [5, 5.41) is 13.2. The molecule has 5 nitrogen and oxygen atoms in total. The topological polar surface area (TPSA) is 75.6 Å². The number of carboxylic acids is 1. The third kappa shape index (κ3) is 3.83. The van der Waals surface area contributed by atoms with Crippen molar-refractivity contribution in [1.82, 2.24) is 0 Å². The van der Waals surface area contributed by atoms with Gasteiger partial charge in [0.15, 0.2) is 0 Å². The second-order valence-electron chi connectivity index (χ2n) is 3.84. The number of rotatable bonds is 5. The van der Waals surface area contributed by atoms with Crippen molar-refractivity contribution in [2.75, 3.05) is 11.9 Å². The minimum Gasteiger partial charge on any atom is -0.477 e. The van der Waals surface area contributed by atoms with E-state index in [9.17, 15) is 9.59 Å². The fourth-order valence-corrected chi connectivity index (χ4v) is 2.02. The maximum Gasteiger partial charge on any atom is 0.348 e. The number of hydrogen-bond donors (Lipinski definition) is 2. The lowest BCUT2D eigenvalue weighted by atomic mass is 10.2. The van der Waals surface area contributed by atoms with Gasteiger partial charge in [-0.15, -0.1) is 11.3 Å². The fourth-order valence-electron chi connectivity index (χ4n) is 1.17. The van der Waals surface area contributed by atoms with Gasteiger partial charge in [-0.2, -0.15) is 0 Å². The van der Waals surface area contributed by atoms with Gasteiger partial charge in [0, 0.05) is 0 Å². The standard InChI is InChI=1S/C11H15NO4S/c1-6(2)16-4-8(13)12-9-7(3)5-17-10(9)11(14)15/h5-6H,4H2,1-3H3,(H,12,13)(H,14,15). The van der Waals surface area contributed by atoms with Gasteiger partial charge >= 0.3 is 5.97 Å². The maximum absolute atomic E-state index is 11.5. The third-order valence-corrected chi connectivity index (χ3v) is 3.07. The summed E-state index contributed by atoms with van der Waals surface area (Å²) in [5.41, 5.74) is 1.10. The lowest BCUT2D eigenvalue weighted by Gasteiger charge is -2.09. The summed E-state index contributed by atoms with van der Waals surface area (Å²) >= 11 is 1.10. The van der Waals surface area contributed by atoms with Crippen LogP contribution in [-0.4, -0.2) is 29.7 Å². The normalized spacial score (nSPS) is 10.6. The van der Waals surface area contributed by atoms with Crippen molar-refractivity contribution in [3.05, 3.63) is 15.8 Å². The first-order chi connectivity index (χ1) is 7.91. The number of carbonyl (C=O) groups is 2. The summed E-state index contributed by atoms with van der Waals surface area (Å²) in [6.45, 7) is 5.32. The molecule has 0 atom stereocenters. The second kappa shape index (κ2) is 5.79. The van der Waals surface area contributed by atoms with Crippen molar-refractivity contribution in [2.24, 2.45) is 0 Å². The predicted octanol–water partition coefficient (Wildman–Crippen LogP) is 2.12. The Balaban J connectivity index is 2.71. The van der Waals surface area contributed by atoms with Gasteiger partial charge in [0.2, 0.25) is 5.91 Å². The number of aromatic carboxylic acids is 1. The number of carboxylic acid groups (broad SMARTS) is 1. The zero-order chi connectivity index (χ0) is 13.0. The number of thiophene rings is 1. The Hall–Kier alpha value is -1.40. The lowest BCUT2D eigenvalue weighted by molar-refractivity contribution is -0.121. The molecule has 0 spiro atoms. The first-order valence-corrected chi connectivity index (χ1v) is 6.02. The molecule has 6 heteroatoms. The molecule has 1 aromatic rings. The number of aryl methyl sites for hydroxylation is 1. The van der Waals surface area contributed by atoms with E-state index in [1.165, 1.54) is 0 Å². The van der Waals surface area contributed by atoms with Gasteiger partial charge < -0.3 is 15.2 Å². The Morgan fingerprint density at radius 3 is 2.71 bits per heavy atom. The van der Waals surface area contributed by atoms with E-state index in [2.05, 4.69) is 5.32 Å². The molecule has 0 aromatic carbocycles. The van der Waals surface area contributed by atoms with E-state index in [4.69, 9.17) is 9.84 Å². The Labute approximate surface area is 103 Å². The van der Waals surface area contributed by atoms with E-state index in [0.717, 1.165) is 16.9 Å².